The van der Waals surface area contributed by atoms with Crippen molar-refractivity contribution in [2.75, 3.05) is 24.5 Å². The van der Waals surface area contributed by atoms with Gasteiger partial charge < -0.3 is 15.3 Å². The standard InChI is InChI=1S/C14H16F6N2O/c1-9-8-22(7-6-21-9)11-4-2-10(3-5-11)12(23,13(15,16)17)14(18,19)20/h2-5,9,21,23H,6-8H2,1H3/t9-/m1/s1. The molecular weight excluding hydrogens is 326 g/mol. The topological polar surface area (TPSA) is 35.5 Å². The van der Waals surface area contributed by atoms with Gasteiger partial charge in [0, 0.05) is 36.9 Å². The largest absolute Gasteiger partial charge is 0.430 e. The lowest BCUT2D eigenvalue weighted by Crippen LogP contribution is -2.54. The third-order valence-corrected chi connectivity index (χ3v) is 3.84. The predicted octanol–water partition coefficient (Wildman–Crippen LogP) is 2.80. The van der Waals surface area contributed by atoms with Crippen molar-refractivity contribution in [1.29, 1.82) is 0 Å². The Morgan fingerprint density at radius 3 is 2.00 bits per heavy atom. The van der Waals surface area contributed by atoms with E-state index in [1.807, 2.05) is 11.8 Å². The fourth-order valence-electron chi connectivity index (χ4n) is 2.57. The number of anilines is 1. The first-order chi connectivity index (χ1) is 10.5. The third kappa shape index (κ3) is 3.25. The number of halogens is 6. The minimum absolute atomic E-state index is 0.158. The van der Waals surface area contributed by atoms with Crippen molar-refractivity contribution in [3.8, 4) is 0 Å². The molecule has 0 radical (unpaired) electrons. The Bertz CT molecular complexity index is 526. The van der Waals surface area contributed by atoms with E-state index in [1.54, 1.807) is 0 Å². The van der Waals surface area contributed by atoms with E-state index in [2.05, 4.69) is 5.32 Å². The molecule has 0 bridgehead atoms. The van der Waals surface area contributed by atoms with Crippen molar-refractivity contribution in [3.63, 3.8) is 0 Å². The Kier molecular flexibility index (Phi) is 4.55. The average molecular weight is 342 g/mol. The number of hydrogen-bond donors (Lipinski definition) is 2. The molecule has 1 atom stereocenters. The number of nitrogens with zero attached hydrogens (tertiary/aromatic N) is 1. The van der Waals surface area contributed by atoms with Gasteiger partial charge in [0.25, 0.3) is 5.60 Å². The zero-order valence-corrected chi connectivity index (χ0v) is 12.2. The van der Waals surface area contributed by atoms with Crippen LogP contribution in [0.3, 0.4) is 0 Å². The molecule has 1 saturated heterocycles. The van der Waals surface area contributed by atoms with Gasteiger partial charge in [-0.2, -0.15) is 26.3 Å². The molecule has 130 valence electrons. The summed E-state index contributed by atoms with van der Waals surface area (Å²) < 4.78 is 76.8. The summed E-state index contributed by atoms with van der Waals surface area (Å²) in [6.45, 7) is 3.76. The summed E-state index contributed by atoms with van der Waals surface area (Å²) in [5.41, 5.74) is -5.62. The molecule has 0 saturated carbocycles. The maximum atomic E-state index is 12.8. The van der Waals surface area contributed by atoms with Crippen LogP contribution in [-0.2, 0) is 5.60 Å². The van der Waals surface area contributed by atoms with Gasteiger partial charge in [0.1, 0.15) is 0 Å². The lowest BCUT2D eigenvalue weighted by molar-refractivity contribution is -0.376. The van der Waals surface area contributed by atoms with Crippen molar-refractivity contribution < 1.29 is 31.4 Å². The molecule has 1 heterocycles. The second-order valence-corrected chi connectivity index (χ2v) is 5.55. The molecule has 2 N–H and O–H groups in total. The summed E-state index contributed by atoms with van der Waals surface area (Å²) in [5.74, 6) is 0. The molecule has 1 aliphatic heterocycles. The number of alkyl halides is 6. The van der Waals surface area contributed by atoms with Crippen LogP contribution in [-0.4, -0.2) is 43.1 Å². The molecule has 0 unspecified atom stereocenters. The Morgan fingerprint density at radius 1 is 1.04 bits per heavy atom. The smallest absolute Gasteiger partial charge is 0.369 e. The van der Waals surface area contributed by atoms with Gasteiger partial charge in [-0.1, -0.05) is 12.1 Å². The molecule has 23 heavy (non-hydrogen) atoms. The summed E-state index contributed by atoms with van der Waals surface area (Å²) in [4.78, 5) is 1.85. The van der Waals surface area contributed by atoms with Crippen LogP contribution < -0.4 is 10.2 Å². The van der Waals surface area contributed by atoms with Gasteiger partial charge in [-0.25, -0.2) is 0 Å². The Hall–Kier alpha value is -1.48. The molecule has 0 spiro atoms. The number of benzene rings is 1. The van der Waals surface area contributed by atoms with Crippen LogP contribution in [0.1, 0.15) is 12.5 Å². The minimum atomic E-state index is -5.86. The van der Waals surface area contributed by atoms with E-state index < -0.39 is 23.5 Å². The molecule has 0 amide bonds. The normalized spacial score (nSPS) is 20.7. The monoisotopic (exact) mass is 342 g/mol. The van der Waals surface area contributed by atoms with E-state index >= 15 is 0 Å². The summed E-state index contributed by atoms with van der Waals surface area (Å²) in [5, 5.41) is 12.5. The highest BCUT2D eigenvalue weighted by Gasteiger charge is 2.71. The fraction of sp³-hybridized carbons (Fsp3) is 0.571. The SMILES string of the molecule is C[C@@H]1CN(c2ccc(C(O)(C(F)(F)F)C(F)(F)F)cc2)CCN1. The number of piperazine rings is 1. The zero-order valence-electron chi connectivity index (χ0n) is 12.2. The minimum Gasteiger partial charge on any atom is -0.369 e. The van der Waals surface area contributed by atoms with Gasteiger partial charge >= 0.3 is 12.4 Å². The van der Waals surface area contributed by atoms with E-state index in [1.165, 1.54) is 0 Å². The molecule has 2 rings (SSSR count). The average Bonchev–Trinajstić information content (AvgIpc) is 2.44. The number of rotatable bonds is 2. The molecule has 1 aromatic rings. The highest BCUT2D eigenvalue weighted by atomic mass is 19.4. The van der Waals surface area contributed by atoms with Crippen molar-refractivity contribution in [2.24, 2.45) is 0 Å². The second kappa shape index (κ2) is 5.86. The zero-order chi connectivity index (χ0) is 17.5. The molecular formula is C14H16F6N2O. The van der Waals surface area contributed by atoms with Gasteiger partial charge in [-0.05, 0) is 19.1 Å². The molecule has 0 aromatic heterocycles. The summed E-state index contributed by atoms with van der Waals surface area (Å²) in [7, 11) is 0. The van der Waals surface area contributed by atoms with Crippen LogP contribution in [0.5, 0.6) is 0 Å². The molecule has 0 aliphatic carbocycles. The van der Waals surface area contributed by atoms with Crippen molar-refractivity contribution in [3.05, 3.63) is 29.8 Å². The van der Waals surface area contributed by atoms with Gasteiger partial charge in [0.05, 0.1) is 0 Å². The number of hydrogen-bond acceptors (Lipinski definition) is 3. The molecule has 1 aromatic carbocycles. The first-order valence-corrected chi connectivity index (χ1v) is 6.91. The van der Waals surface area contributed by atoms with Gasteiger partial charge in [-0.3, -0.25) is 0 Å². The summed E-state index contributed by atoms with van der Waals surface area (Å²) >= 11 is 0. The van der Waals surface area contributed by atoms with Crippen LogP contribution in [0.15, 0.2) is 24.3 Å². The van der Waals surface area contributed by atoms with Crippen LogP contribution in [0.4, 0.5) is 32.0 Å². The van der Waals surface area contributed by atoms with Crippen LogP contribution in [0, 0.1) is 0 Å². The van der Waals surface area contributed by atoms with Crippen LogP contribution in [0.2, 0.25) is 0 Å². The summed E-state index contributed by atoms with van der Waals surface area (Å²) in [6.07, 6.45) is -11.7. The molecule has 1 aliphatic rings. The quantitative estimate of drug-likeness (QED) is 0.812. The van der Waals surface area contributed by atoms with E-state index in [-0.39, 0.29) is 6.04 Å². The highest BCUT2D eigenvalue weighted by Crippen LogP contribution is 2.50. The van der Waals surface area contributed by atoms with E-state index in [4.69, 9.17) is 0 Å². The van der Waals surface area contributed by atoms with Gasteiger partial charge in [0.2, 0.25) is 0 Å². The highest BCUT2D eigenvalue weighted by molar-refractivity contribution is 5.49. The summed E-state index contributed by atoms with van der Waals surface area (Å²) in [6, 6.07) is 3.82. The predicted molar refractivity (Wildman–Crippen MR) is 72.1 cm³/mol. The van der Waals surface area contributed by atoms with Crippen molar-refractivity contribution >= 4 is 5.69 Å². The lowest BCUT2D eigenvalue weighted by atomic mass is 9.92. The first kappa shape index (κ1) is 17.9. The Labute approximate surface area is 128 Å². The number of aliphatic hydroxyl groups is 1. The van der Waals surface area contributed by atoms with Gasteiger partial charge in [0.15, 0.2) is 0 Å². The maximum absolute atomic E-state index is 12.8. The fourth-order valence-corrected chi connectivity index (χ4v) is 2.57. The number of nitrogens with one attached hydrogen (secondary N) is 1. The third-order valence-electron chi connectivity index (χ3n) is 3.84. The van der Waals surface area contributed by atoms with E-state index in [0.717, 1.165) is 12.1 Å². The molecule has 9 heteroatoms. The van der Waals surface area contributed by atoms with Crippen LogP contribution in [0.25, 0.3) is 0 Å². The molecule has 1 fully saturated rings. The lowest BCUT2D eigenvalue weighted by Gasteiger charge is -2.35. The van der Waals surface area contributed by atoms with Gasteiger partial charge in [-0.15, -0.1) is 0 Å². The van der Waals surface area contributed by atoms with Crippen molar-refractivity contribution in [1.82, 2.24) is 5.32 Å². The Balaban J connectivity index is 2.33. The van der Waals surface area contributed by atoms with Crippen molar-refractivity contribution in [2.45, 2.75) is 30.9 Å². The van der Waals surface area contributed by atoms with E-state index in [9.17, 15) is 31.4 Å². The first-order valence-electron chi connectivity index (χ1n) is 6.91. The molecule has 3 nitrogen and oxygen atoms in total. The Morgan fingerprint density at radius 2 is 1.57 bits per heavy atom. The second-order valence-electron chi connectivity index (χ2n) is 5.55. The van der Waals surface area contributed by atoms with E-state index in [0.29, 0.717) is 37.5 Å². The maximum Gasteiger partial charge on any atom is 0.430 e. The van der Waals surface area contributed by atoms with Crippen LogP contribution >= 0.6 is 0 Å².